The van der Waals surface area contributed by atoms with Crippen molar-refractivity contribution in [1.29, 1.82) is 0 Å². The molecule has 2 bridgehead atoms. The monoisotopic (exact) mass is 323 g/mol. The van der Waals surface area contributed by atoms with Crippen molar-refractivity contribution in [3.8, 4) is 5.75 Å². The Balaban J connectivity index is 2.30. The van der Waals surface area contributed by atoms with Crippen LogP contribution in [-0.2, 0) is 0 Å². The van der Waals surface area contributed by atoms with Gasteiger partial charge in [-0.1, -0.05) is 13.8 Å². The van der Waals surface area contributed by atoms with Gasteiger partial charge in [-0.2, -0.15) is 0 Å². The van der Waals surface area contributed by atoms with E-state index in [1.165, 1.54) is 27.7 Å². The highest BCUT2D eigenvalue weighted by molar-refractivity contribution is 5.49. The van der Waals surface area contributed by atoms with Gasteiger partial charge >= 0.3 is 0 Å². The second-order valence-corrected chi connectivity index (χ2v) is 7.03. The second-order valence-electron chi connectivity index (χ2n) is 7.03. The molecule has 6 atom stereocenters. The Labute approximate surface area is 153 Å². The van der Waals surface area contributed by atoms with Gasteiger partial charge in [0.2, 0.25) is 0 Å². The lowest BCUT2D eigenvalue weighted by molar-refractivity contribution is -0.156. The largest absolute Gasteiger partial charge is 0.484 e. The molecule has 0 aromatic carbocycles. The first kappa shape index (κ1) is 8.33. The fourth-order valence-corrected chi connectivity index (χ4v) is 4.17. The fourth-order valence-electron chi connectivity index (χ4n) is 4.17. The number of nitrogens with zero attached hydrogens (tertiary/aromatic N) is 2. The van der Waals surface area contributed by atoms with Crippen LogP contribution in [0.15, 0.2) is 0 Å². The summed E-state index contributed by atoms with van der Waals surface area (Å²) in [4.78, 5) is 5.08. The Hall–Kier alpha value is -1.09. The van der Waals surface area contributed by atoms with Gasteiger partial charge in [-0.25, -0.2) is 0 Å². The number of hydrogen-bond donors (Lipinski definition) is 0. The Morgan fingerprint density at radius 2 is 1.96 bits per heavy atom. The maximum Gasteiger partial charge on any atom is 0.145 e. The van der Waals surface area contributed by atoms with Gasteiger partial charge in [0.05, 0.1) is 5.69 Å². The van der Waals surface area contributed by atoms with Gasteiger partial charge in [-0.15, -0.1) is 0 Å². The van der Waals surface area contributed by atoms with Crippen molar-refractivity contribution in [1.82, 2.24) is 9.88 Å². The summed E-state index contributed by atoms with van der Waals surface area (Å²) in [7, 11) is 0. The first-order valence-electron chi connectivity index (χ1n) is 12.5. The van der Waals surface area contributed by atoms with E-state index in [0.717, 1.165) is 5.56 Å². The van der Waals surface area contributed by atoms with Crippen molar-refractivity contribution >= 4 is 0 Å². The Bertz CT molecular complexity index is 1050. The molecule has 0 N–H and O–H groups in total. The lowest BCUT2D eigenvalue weighted by Gasteiger charge is -2.61. The summed E-state index contributed by atoms with van der Waals surface area (Å²) in [6, 6.07) is -2.30. The lowest BCUT2D eigenvalue weighted by atomic mass is 9.53. The molecule has 2 fully saturated rings. The van der Waals surface area contributed by atoms with Crippen LogP contribution in [0.4, 0.5) is 0 Å². The summed E-state index contributed by atoms with van der Waals surface area (Å²) in [5.74, 6) is -4.12. The molecular weight excluding hydrogens is 284 g/mol. The van der Waals surface area contributed by atoms with E-state index in [0.29, 0.717) is 16.2 Å². The predicted molar refractivity (Wildman–Crippen MR) is 93.1 cm³/mol. The smallest absolute Gasteiger partial charge is 0.145 e. The van der Waals surface area contributed by atoms with E-state index in [4.69, 9.17) is 13.0 Å². The maximum atomic E-state index is 9.59. The van der Waals surface area contributed by atoms with E-state index in [-0.39, 0.29) is 11.4 Å². The summed E-state index contributed by atoms with van der Waals surface area (Å²) < 4.78 is 87.7. The molecular formula is C20H30N2O. The Kier molecular flexibility index (Phi) is 1.63. The highest BCUT2D eigenvalue weighted by atomic mass is 16.5. The first-order valence-corrected chi connectivity index (χ1v) is 8.03. The SMILES string of the molecule is [2H]C1([2H])N2C([2H])([2H])C([2H])(C)[C@]3(C)Oc4c(nc(C)c(C)c4C)C([2H])(C)[C@]3(C1([2H])[2H])[C@@]2([2H])C. The molecule has 0 radical (unpaired) electrons. The predicted octanol–water partition coefficient (Wildman–Crippen LogP) is 3.99. The van der Waals surface area contributed by atoms with Crippen LogP contribution >= 0.6 is 0 Å². The number of piperidine rings is 1. The van der Waals surface area contributed by atoms with Gasteiger partial charge in [-0.3, -0.25) is 9.88 Å². The van der Waals surface area contributed by atoms with Crippen LogP contribution in [0.5, 0.6) is 5.75 Å². The zero-order valence-electron chi connectivity index (χ0n) is 23.8. The van der Waals surface area contributed by atoms with Crippen molar-refractivity contribution < 1.29 is 17.1 Å². The number of rotatable bonds is 0. The third kappa shape index (κ3) is 1.57. The van der Waals surface area contributed by atoms with Crippen LogP contribution in [0.3, 0.4) is 0 Å². The van der Waals surface area contributed by atoms with Crippen LogP contribution in [-0.4, -0.2) is 34.5 Å². The van der Waals surface area contributed by atoms with Crippen molar-refractivity contribution in [2.75, 3.05) is 13.0 Å². The summed E-state index contributed by atoms with van der Waals surface area (Å²) >= 11 is 0. The van der Waals surface area contributed by atoms with Gasteiger partial charge in [-0.05, 0) is 58.6 Å². The number of pyridine rings is 1. The standard InChI is InChI=1S/C20H30N2O/c1-11-10-22-9-8-20(16(22)6)14(4)17-18(23-19(11,20)7)13(3)12(2)15(5)21-17/h11,14,16H,8-10H2,1-7H3/t11?,14?,16-,19+,20-/m1/s1/i8D2,9D2,10D2,11D,14D,16D. The number of aryl methyl sites for hydroxylation is 1. The quantitative estimate of drug-likeness (QED) is 0.722. The van der Waals surface area contributed by atoms with E-state index in [9.17, 15) is 4.11 Å². The van der Waals surface area contributed by atoms with Gasteiger partial charge < -0.3 is 4.74 Å². The van der Waals surface area contributed by atoms with E-state index in [2.05, 4.69) is 4.98 Å². The minimum Gasteiger partial charge on any atom is -0.484 e. The number of hydrogen-bond acceptors (Lipinski definition) is 3. The topological polar surface area (TPSA) is 25.4 Å². The highest BCUT2D eigenvalue weighted by Crippen LogP contribution is 2.64. The minimum atomic E-state index is -3.01. The van der Waals surface area contributed by atoms with Crippen LogP contribution < -0.4 is 4.74 Å². The molecule has 1 spiro atoms. The molecule has 4 rings (SSSR count). The summed E-state index contributed by atoms with van der Waals surface area (Å²) in [6.45, 7) is 4.79. The molecule has 0 amide bonds. The summed E-state index contributed by atoms with van der Waals surface area (Å²) in [6.07, 6.45) is -2.96. The van der Waals surface area contributed by atoms with Crippen LogP contribution in [0, 0.1) is 32.1 Å². The molecule has 0 saturated carbocycles. The number of aromatic nitrogens is 1. The molecule has 4 heterocycles. The van der Waals surface area contributed by atoms with Crippen molar-refractivity contribution in [3.63, 3.8) is 0 Å². The van der Waals surface area contributed by atoms with E-state index in [1.807, 2.05) is 6.92 Å². The van der Waals surface area contributed by atoms with Gasteiger partial charge in [0.15, 0.2) is 0 Å². The van der Waals surface area contributed by atoms with Crippen molar-refractivity contribution in [3.05, 3.63) is 22.5 Å². The van der Waals surface area contributed by atoms with Gasteiger partial charge in [0, 0.05) is 47.7 Å². The Morgan fingerprint density at radius 3 is 2.65 bits per heavy atom. The van der Waals surface area contributed by atoms with Gasteiger partial charge in [0.1, 0.15) is 11.4 Å². The average molecular weight is 324 g/mol. The normalized spacial score (nSPS) is 66.4. The van der Waals surface area contributed by atoms with Crippen LogP contribution in [0.1, 0.15) is 74.8 Å². The zero-order chi connectivity index (χ0) is 24.9. The second kappa shape index (κ2) is 4.50. The molecule has 3 aliphatic rings. The maximum absolute atomic E-state index is 9.59. The first-order chi connectivity index (χ1) is 14.0. The van der Waals surface area contributed by atoms with Crippen LogP contribution in [0.25, 0.3) is 0 Å². The molecule has 0 aliphatic carbocycles. The third-order valence-electron chi connectivity index (χ3n) is 6.11. The molecule has 3 aliphatic heterocycles. The minimum absolute atomic E-state index is 0.0776. The molecule has 3 heteroatoms. The molecule has 126 valence electrons. The fraction of sp³-hybridized carbons (Fsp3) is 0.750. The Morgan fingerprint density at radius 1 is 1.26 bits per heavy atom. The van der Waals surface area contributed by atoms with E-state index >= 15 is 0 Å². The average Bonchev–Trinajstić information content (AvgIpc) is 2.67. The molecule has 3 nitrogen and oxygen atoms in total. The van der Waals surface area contributed by atoms with Crippen LogP contribution in [0.2, 0.25) is 0 Å². The number of ether oxygens (including phenoxy) is 1. The molecule has 23 heavy (non-hydrogen) atoms. The number of fused-ring (bicyclic) bond motifs is 2. The third-order valence-corrected chi connectivity index (χ3v) is 6.11. The molecule has 2 saturated heterocycles. The summed E-state index contributed by atoms with van der Waals surface area (Å²) in [5, 5.41) is 0. The molecule has 1 aromatic rings. The van der Waals surface area contributed by atoms with E-state index in [1.54, 1.807) is 13.8 Å². The molecule has 3 unspecified atom stereocenters. The van der Waals surface area contributed by atoms with Crippen molar-refractivity contribution in [2.45, 2.75) is 72.4 Å². The lowest BCUT2D eigenvalue weighted by Crippen LogP contribution is -2.68. The van der Waals surface area contributed by atoms with Gasteiger partial charge in [0.25, 0.3) is 0 Å². The highest BCUT2D eigenvalue weighted by Gasteiger charge is 2.68. The van der Waals surface area contributed by atoms with Crippen molar-refractivity contribution in [2.24, 2.45) is 11.3 Å². The zero-order valence-corrected chi connectivity index (χ0v) is 14.8. The van der Waals surface area contributed by atoms with E-state index < -0.39 is 48.2 Å². The summed E-state index contributed by atoms with van der Waals surface area (Å²) in [5.41, 5.74) is -2.32. The molecule has 1 aromatic heterocycles.